The number of carbonyl (C=O) groups is 2. The first kappa shape index (κ1) is 26.8. The molecule has 1 fully saturated rings. The third kappa shape index (κ3) is 12.8. The van der Waals surface area contributed by atoms with Gasteiger partial charge in [-0.05, 0) is 6.42 Å². The minimum Gasteiger partial charge on any atom is -1.00 e. The first-order chi connectivity index (χ1) is 12.5. The SMILES string of the molecule is CCCCCCCCCCCCCCC(=O)C(=O)N1CC[N+](C)(C)CC1.[I-]. The molecule has 1 aliphatic heterocycles. The quantitative estimate of drug-likeness (QED) is 0.159. The fourth-order valence-electron chi connectivity index (χ4n) is 3.62. The number of carbonyl (C=O) groups excluding carboxylic acids is 2. The third-order valence-corrected chi connectivity index (χ3v) is 5.73. The van der Waals surface area contributed by atoms with Crippen LogP contribution < -0.4 is 24.0 Å². The zero-order chi connectivity index (χ0) is 19.3. The maximum Gasteiger partial charge on any atom is 0.290 e. The number of likely N-dealkylation sites (N-methyl/N-ethyl adjacent to an activating group) is 1. The lowest BCUT2D eigenvalue weighted by atomic mass is 10.0. The minimum absolute atomic E-state index is 0. The lowest BCUT2D eigenvalue weighted by Gasteiger charge is -2.38. The zero-order valence-corrected chi connectivity index (χ0v) is 20.3. The van der Waals surface area contributed by atoms with Gasteiger partial charge in [0, 0.05) is 6.42 Å². The summed E-state index contributed by atoms with van der Waals surface area (Å²) in [6.45, 7) is 5.58. The largest absolute Gasteiger partial charge is 1.00 e. The molecule has 4 nitrogen and oxygen atoms in total. The summed E-state index contributed by atoms with van der Waals surface area (Å²) in [4.78, 5) is 26.1. The highest BCUT2D eigenvalue weighted by atomic mass is 127. The predicted octanol–water partition coefficient (Wildman–Crippen LogP) is 1.57. The van der Waals surface area contributed by atoms with E-state index >= 15 is 0 Å². The Morgan fingerprint density at radius 2 is 1.15 bits per heavy atom. The molecule has 1 heterocycles. The van der Waals surface area contributed by atoms with E-state index in [-0.39, 0.29) is 35.7 Å². The fraction of sp³-hybridized carbons (Fsp3) is 0.909. The number of unbranched alkanes of at least 4 members (excludes halogenated alkanes) is 11. The average Bonchev–Trinajstić information content (AvgIpc) is 2.62. The van der Waals surface area contributed by atoms with Crippen molar-refractivity contribution in [3.05, 3.63) is 0 Å². The van der Waals surface area contributed by atoms with Gasteiger partial charge >= 0.3 is 0 Å². The van der Waals surface area contributed by atoms with Crippen LogP contribution in [0.3, 0.4) is 0 Å². The summed E-state index contributed by atoms with van der Waals surface area (Å²) in [5.41, 5.74) is 0. The van der Waals surface area contributed by atoms with Crippen LogP contribution in [0, 0.1) is 0 Å². The normalized spacial score (nSPS) is 16.0. The van der Waals surface area contributed by atoms with Gasteiger partial charge in [0.25, 0.3) is 5.91 Å². The molecule has 160 valence electrons. The zero-order valence-electron chi connectivity index (χ0n) is 18.1. The van der Waals surface area contributed by atoms with Gasteiger partial charge in [0.1, 0.15) is 0 Å². The standard InChI is InChI=1S/C22H43N2O2.HI/c1-4-5-6-7-8-9-10-11-12-13-14-15-16-21(25)22(26)23-17-19-24(2,3)20-18-23;/h4-20H2,1-3H3;1H/q+1;/p-1. The van der Waals surface area contributed by atoms with Crippen LogP contribution in [0.4, 0.5) is 0 Å². The third-order valence-electron chi connectivity index (χ3n) is 5.73. The molecule has 27 heavy (non-hydrogen) atoms. The van der Waals surface area contributed by atoms with E-state index < -0.39 is 0 Å². The van der Waals surface area contributed by atoms with Crippen LogP contribution in [0.5, 0.6) is 0 Å². The number of hydrogen-bond donors (Lipinski definition) is 0. The van der Waals surface area contributed by atoms with Crippen molar-refractivity contribution in [1.29, 1.82) is 0 Å². The van der Waals surface area contributed by atoms with Gasteiger partial charge in [0.05, 0.1) is 40.3 Å². The molecule has 0 N–H and O–H groups in total. The van der Waals surface area contributed by atoms with Gasteiger partial charge < -0.3 is 33.4 Å². The van der Waals surface area contributed by atoms with Crippen molar-refractivity contribution in [2.75, 3.05) is 40.3 Å². The Morgan fingerprint density at radius 1 is 0.741 bits per heavy atom. The molecular formula is C22H43IN2O2. The van der Waals surface area contributed by atoms with Crippen LogP contribution in [-0.4, -0.2) is 61.3 Å². The second kappa shape index (κ2) is 15.7. The van der Waals surface area contributed by atoms with Crippen LogP contribution in [0.1, 0.15) is 90.4 Å². The number of piperazine rings is 1. The first-order valence-corrected chi connectivity index (χ1v) is 11.1. The van der Waals surface area contributed by atoms with Crippen molar-refractivity contribution in [2.24, 2.45) is 0 Å². The van der Waals surface area contributed by atoms with Gasteiger partial charge in [-0.15, -0.1) is 0 Å². The van der Waals surface area contributed by atoms with Crippen molar-refractivity contribution in [3.8, 4) is 0 Å². The van der Waals surface area contributed by atoms with Crippen molar-refractivity contribution < 1.29 is 38.0 Å². The van der Waals surface area contributed by atoms with Crippen LogP contribution >= 0.6 is 0 Å². The highest BCUT2D eigenvalue weighted by Crippen LogP contribution is 2.13. The van der Waals surface area contributed by atoms with Crippen LogP contribution in [0.15, 0.2) is 0 Å². The lowest BCUT2D eigenvalue weighted by Crippen LogP contribution is -3.00. The van der Waals surface area contributed by atoms with E-state index in [0.29, 0.717) is 6.42 Å². The summed E-state index contributed by atoms with van der Waals surface area (Å²) in [5.74, 6) is -0.419. The molecule has 0 aromatic rings. The smallest absolute Gasteiger partial charge is 0.290 e. The van der Waals surface area contributed by atoms with Crippen LogP contribution in [0.2, 0.25) is 0 Å². The maximum atomic E-state index is 12.2. The Bertz CT molecular complexity index is 403. The van der Waals surface area contributed by atoms with E-state index in [9.17, 15) is 9.59 Å². The number of rotatable bonds is 14. The van der Waals surface area contributed by atoms with Gasteiger partial charge in [-0.1, -0.05) is 77.6 Å². The molecule has 1 saturated heterocycles. The van der Waals surface area contributed by atoms with Gasteiger partial charge in [-0.25, -0.2) is 0 Å². The second-order valence-electron chi connectivity index (χ2n) is 8.74. The lowest BCUT2D eigenvalue weighted by molar-refractivity contribution is -0.894. The Labute approximate surface area is 185 Å². The number of hydrogen-bond acceptors (Lipinski definition) is 2. The molecule has 0 atom stereocenters. The Kier molecular flexibility index (Phi) is 15.6. The predicted molar refractivity (Wildman–Crippen MR) is 109 cm³/mol. The van der Waals surface area contributed by atoms with E-state index in [0.717, 1.165) is 43.5 Å². The van der Waals surface area contributed by atoms with Gasteiger partial charge in [-0.2, -0.15) is 0 Å². The topological polar surface area (TPSA) is 37.4 Å². The summed E-state index contributed by atoms with van der Waals surface area (Å²) >= 11 is 0. The van der Waals surface area contributed by atoms with E-state index in [1.165, 1.54) is 64.2 Å². The molecule has 0 bridgehead atoms. The number of halogens is 1. The van der Waals surface area contributed by atoms with E-state index in [1.54, 1.807) is 4.90 Å². The number of ketones is 1. The van der Waals surface area contributed by atoms with E-state index in [1.807, 2.05) is 0 Å². The molecule has 1 rings (SSSR count). The Morgan fingerprint density at radius 3 is 1.59 bits per heavy atom. The van der Waals surface area contributed by atoms with Crippen LogP contribution in [-0.2, 0) is 9.59 Å². The first-order valence-electron chi connectivity index (χ1n) is 11.1. The van der Waals surface area contributed by atoms with Gasteiger partial charge in [0.2, 0.25) is 5.78 Å². The Balaban J connectivity index is 0.00000676. The molecular weight excluding hydrogens is 451 g/mol. The summed E-state index contributed by atoms with van der Waals surface area (Å²) in [5, 5.41) is 0. The number of Topliss-reactive ketones (excluding diaryl/α,β-unsaturated/α-hetero) is 1. The number of nitrogens with zero attached hydrogens (tertiary/aromatic N) is 2. The van der Waals surface area contributed by atoms with Crippen LogP contribution in [0.25, 0.3) is 0 Å². The minimum atomic E-state index is -0.243. The molecule has 0 aromatic carbocycles. The highest BCUT2D eigenvalue weighted by Gasteiger charge is 2.29. The van der Waals surface area contributed by atoms with Gasteiger partial charge in [0.15, 0.2) is 0 Å². The maximum absolute atomic E-state index is 12.2. The Hall–Kier alpha value is -0.170. The summed E-state index contributed by atoms with van der Waals surface area (Å²) in [6, 6.07) is 0. The van der Waals surface area contributed by atoms with E-state index in [4.69, 9.17) is 0 Å². The van der Waals surface area contributed by atoms with Gasteiger partial charge in [-0.3, -0.25) is 9.59 Å². The molecule has 1 aliphatic rings. The monoisotopic (exact) mass is 494 g/mol. The number of amides is 1. The molecule has 1 amide bonds. The molecule has 5 heteroatoms. The summed E-state index contributed by atoms with van der Waals surface area (Å²) in [7, 11) is 4.35. The van der Waals surface area contributed by atoms with E-state index in [2.05, 4.69) is 21.0 Å². The number of quaternary nitrogens is 1. The summed E-state index contributed by atoms with van der Waals surface area (Å²) < 4.78 is 0.941. The molecule has 0 spiro atoms. The second-order valence-corrected chi connectivity index (χ2v) is 8.74. The highest BCUT2D eigenvalue weighted by molar-refractivity contribution is 6.36. The van der Waals surface area contributed by atoms with Crippen molar-refractivity contribution in [1.82, 2.24) is 4.90 Å². The van der Waals surface area contributed by atoms with Crippen molar-refractivity contribution >= 4 is 11.7 Å². The molecule has 0 aliphatic carbocycles. The molecule has 0 aromatic heterocycles. The van der Waals surface area contributed by atoms with Crippen molar-refractivity contribution in [3.63, 3.8) is 0 Å². The molecule has 0 radical (unpaired) electrons. The van der Waals surface area contributed by atoms with Crippen molar-refractivity contribution in [2.45, 2.75) is 90.4 Å². The molecule has 0 saturated carbocycles. The summed E-state index contributed by atoms with van der Waals surface area (Å²) in [6.07, 6.45) is 15.8. The average molecular weight is 495 g/mol. The fourth-order valence-corrected chi connectivity index (χ4v) is 3.62. The molecule has 0 unspecified atom stereocenters.